The summed E-state index contributed by atoms with van der Waals surface area (Å²) in [6, 6.07) is 18.3. The second kappa shape index (κ2) is 9.06. The minimum absolute atomic E-state index is 0.0329. The number of carbonyl (C=O) groups is 1. The summed E-state index contributed by atoms with van der Waals surface area (Å²) in [5, 5.41) is 7.48. The van der Waals surface area contributed by atoms with E-state index in [1.54, 1.807) is 18.2 Å². The molecule has 7 rings (SSSR count). The van der Waals surface area contributed by atoms with E-state index in [1.165, 1.54) is 12.4 Å². The molecule has 7 nitrogen and oxygen atoms in total. The molecule has 0 saturated heterocycles. The zero-order valence-electron chi connectivity index (χ0n) is 20.4. The van der Waals surface area contributed by atoms with Gasteiger partial charge < -0.3 is 9.47 Å². The van der Waals surface area contributed by atoms with Gasteiger partial charge in [0.1, 0.15) is 18.0 Å². The molecule has 1 aliphatic carbocycles. The van der Waals surface area contributed by atoms with Gasteiger partial charge in [0.2, 0.25) is 0 Å². The molecule has 1 saturated carbocycles. The van der Waals surface area contributed by atoms with Crippen molar-refractivity contribution in [2.75, 3.05) is 0 Å². The molecule has 1 N–H and O–H groups in total. The molecule has 5 aromatic rings. The minimum Gasteiger partial charge on any atom is -0.331 e. The van der Waals surface area contributed by atoms with Crippen LogP contribution in [-0.4, -0.2) is 41.6 Å². The maximum Gasteiger partial charge on any atom is 0.254 e. The summed E-state index contributed by atoms with van der Waals surface area (Å²) < 4.78 is 17.2. The highest BCUT2D eigenvalue weighted by atomic mass is 35.5. The number of hydrogen-bond donors (Lipinski definition) is 1. The van der Waals surface area contributed by atoms with Gasteiger partial charge in [0.25, 0.3) is 5.91 Å². The Kier molecular flexibility index (Phi) is 5.51. The van der Waals surface area contributed by atoms with E-state index < -0.39 is 0 Å². The molecule has 0 spiro atoms. The number of benzene rings is 3. The van der Waals surface area contributed by atoms with E-state index in [1.807, 2.05) is 41.3 Å². The monoisotopic (exact) mass is 526 g/mol. The van der Waals surface area contributed by atoms with Crippen molar-refractivity contribution in [1.29, 1.82) is 0 Å². The average molecular weight is 527 g/mol. The van der Waals surface area contributed by atoms with Crippen LogP contribution in [0.25, 0.3) is 33.8 Å². The first-order valence-electron chi connectivity index (χ1n) is 12.8. The van der Waals surface area contributed by atoms with Crippen LogP contribution in [0.3, 0.4) is 0 Å². The molecule has 0 bridgehead atoms. The smallest absolute Gasteiger partial charge is 0.254 e. The van der Waals surface area contributed by atoms with Crippen LogP contribution in [0.15, 0.2) is 67.0 Å². The number of aromatic amines is 1. The second-order valence-corrected chi connectivity index (χ2v) is 10.5. The molecule has 2 atom stereocenters. The lowest BCUT2D eigenvalue weighted by atomic mass is 9.89. The molecule has 1 fully saturated rings. The molecule has 2 unspecified atom stereocenters. The van der Waals surface area contributed by atoms with Crippen LogP contribution in [0.5, 0.6) is 0 Å². The molecule has 2 aliphatic rings. The first-order valence-corrected chi connectivity index (χ1v) is 13.2. The predicted octanol–water partition coefficient (Wildman–Crippen LogP) is 6.42. The maximum absolute atomic E-state index is 15.1. The molecule has 190 valence electrons. The number of imidazole rings is 1. The van der Waals surface area contributed by atoms with Crippen LogP contribution < -0.4 is 0 Å². The highest BCUT2D eigenvalue weighted by molar-refractivity contribution is 6.31. The van der Waals surface area contributed by atoms with E-state index in [9.17, 15) is 4.79 Å². The van der Waals surface area contributed by atoms with Crippen molar-refractivity contribution >= 4 is 28.5 Å². The van der Waals surface area contributed by atoms with Gasteiger partial charge in [0.15, 0.2) is 5.82 Å². The van der Waals surface area contributed by atoms with Crippen molar-refractivity contribution in [2.45, 2.75) is 44.3 Å². The van der Waals surface area contributed by atoms with Gasteiger partial charge in [-0.25, -0.2) is 14.4 Å². The number of aromatic nitrogens is 5. The number of amides is 1. The molecule has 38 heavy (non-hydrogen) atoms. The van der Waals surface area contributed by atoms with E-state index in [0.717, 1.165) is 47.8 Å². The molecule has 3 heterocycles. The van der Waals surface area contributed by atoms with Crippen LogP contribution in [0, 0.1) is 5.82 Å². The fourth-order valence-corrected chi connectivity index (χ4v) is 6.21. The number of H-pyrrole nitrogens is 1. The van der Waals surface area contributed by atoms with E-state index >= 15 is 4.39 Å². The zero-order chi connectivity index (χ0) is 25.8. The Labute approximate surface area is 223 Å². The van der Waals surface area contributed by atoms with E-state index in [0.29, 0.717) is 34.3 Å². The standard InChI is InChI=1S/C29H24ClFN6O/c30-19-10-8-18-15-36(29(38)23(18)13-19)20-4-3-5-21(14-20)37-26-12-17(27-32-16-33-35-27)9-11-25(26)34-28(37)22-6-1-2-7-24(22)31/h1-2,6-13,16,20-21H,3-5,14-15H2,(H,32,33,35). The van der Waals surface area contributed by atoms with Gasteiger partial charge in [-0.3, -0.25) is 9.89 Å². The van der Waals surface area contributed by atoms with Crippen molar-refractivity contribution in [3.8, 4) is 22.8 Å². The van der Waals surface area contributed by atoms with Crippen molar-refractivity contribution in [2.24, 2.45) is 0 Å². The normalized spacial score (nSPS) is 19.3. The number of hydrogen-bond acceptors (Lipinski definition) is 4. The summed E-state index contributed by atoms with van der Waals surface area (Å²) in [4.78, 5) is 24.5. The van der Waals surface area contributed by atoms with Gasteiger partial charge in [-0.15, -0.1) is 0 Å². The van der Waals surface area contributed by atoms with E-state index in [2.05, 4.69) is 19.7 Å². The third kappa shape index (κ3) is 3.79. The summed E-state index contributed by atoms with van der Waals surface area (Å²) in [6.45, 7) is 0.587. The molecular weight excluding hydrogens is 503 g/mol. The van der Waals surface area contributed by atoms with Gasteiger partial charge in [-0.05, 0) is 73.7 Å². The third-order valence-electron chi connectivity index (χ3n) is 7.82. The molecule has 3 aromatic carbocycles. The number of nitrogens with one attached hydrogen (secondary N) is 1. The summed E-state index contributed by atoms with van der Waals surface area (Å²) in [5.74, 6) is 0.980. The van der Waals surface area contributed by atoms with Crippen LogP contribution in [0.2, 0.25) is 5.02 Å². The lowest BCUT2D eigenvalue weighted by Crippen LogP contribution is -2.39. The topological polar surface area (TPSA) is 79.7 Å². The Balaban J connectivity index is 1.31. The van der Waals surface area contributed by atoms with E-state index in [-0.39, 0.29) is 23.8 Å². The molecule has 2 aromatic heterocycles. The van der Waals surface area contributed by atoms with Crippen LogP contribution in [0.4, 0.5) is 4.39 Å². The molecule has 9 heteroatoms. The Morgan fingerprint density at radius 3 is 2.71 bits per heavy atom. The van der Waals surface area contributed by atoms with Gasteiger partial charge in [-0.1, -0.05) is 29.8 Å². The molecule has 1 aliphatic heterocycles. The van der Waals surface area contributed by atoms with Gasteiger partial charge in [-0.2, -0.15) is 5.10 Å². The number of carbonyl (C=O) groups excluding carboxylic acids is 1. The zero-order valence-corrected chi connectivity index (χ0v) is 21.2. The SMILES string of the molecule is O=C1c2cc(Cl)ccc2CN1C1CCCC(n2c(-c3ccccc3F)nc3ccc(-c4ncn[nH]4)cc32)C1. The Morgan fingerprint density at radius 1 is 1.00 bits per heavy atom. The van der Waals surface area contributed by atoms with Crippen molar-refractivity contribution in [3.63, 3.8) is 0 Å². The largest absolute Gasteiger partial charge is 0.331 e. The van der Waals surface area contributed by atoms with Crippen LogP contribution in [-0.2, 0) is 6.54 Å². The lowest BCUT2D eigenvalue weighted by molar-refractivity contribution is 0.0630. The Morgan fingerprint density at radius 2 is 1.87 bits per heavy atom. The number of rotatable bonds is 4. The number of halogens is 2. The summed E-state index contributed by atoms with van der Waals surface area (Å²) in [6.07, 6.45) is 5.03. The van der Waals surface area contributed by atoms with Crippen molar-refractivity contribution in [1.82, 2.24) is 29.6 Å². The van der Waals surface area contributed by atoms with E-state index in [4.69, 9.17) is 16.6 Å². The van der Waals surface area contributed by atoms with Gasteiger partial charge in [0, 0.05) is 34.8 Å². The molecule has 1 amide bonds. The Bertz CT molecular complexity index is 1680. The maximum atomic E-state index is 15.1. The van der Waals surface area contributed by atoms with Crippen LogP contribution >= 0.6 is 11.6 Å². The van der Waals surface area contributed by atoms with Crippen LogP contribution in [0.1, 0.15) is 47.6 Å². The second-order valence-electron chi connectivity index (χ2n) is 10.0. The van der Waals surface area contributed by atoms with Crippen molar-refractivity contribution < 1.29 is 9.18 Å². The highest BCUT2D eigenvalue weighted by Crippen LogP contribution is 2.40. The lowest BCUT2D eigenvalue weighted by Gasteiger charge is -2.36. The predicted molar refractivity (Wildman–Crippen MR) is 143 cm³/mol. The number of nitrogens with zero attached hydrogens (tertiary/aromatic N) is 5. The Hall–Kier alpha value is -4.04. The third-order valence-corrected chi connectivity index (χ3v) is 8.06. The first-order chi connectivity index (χ1) is 18.6. The quantitative estimate of drug-likeness (QED) is 0.293. The summed E-state index contributed by atoms with van der Waals surface area (Å²) >= 11 is 6.18. The first kappa shape index (κ1) is 23.1. The fourth-order valence-electron chi connectivity index (χ4n) is 6.03. The average Bonchev–Trinajstić information content (AvgIpc) is 3.67. The molecule has 0 radical (unpaired) electrons. The van der Waals surface area contributed by atoms with Gasteiger partial charge in [0.05, 0.1) is 16.6 Å². The fraction of sp³-hybridized carbons (Fsp3) is 0.241. The summed E-state index contributed by atoms with van der Waals surface area (Å²) in [5.41, 5.74) is 4.74. The number of fused-ring (bicyclic) bond motifs is 2. The minimum atomic E-state index is -0.311. The van der Waals surface area contributed by atoms with Gasteiger partial charge >= 0.3 is 0 Å². The summed E-state index contributed by atoms with van der Waals surface area (Å²) in [7, 11) is 0. The van der Waals surface area contributed by atoms with Crippen molar-refractivity contribution in [3.05, 3.63) is 89.0 Å². The highest BCUT2D eigenvalue weighted by Gasteiger charge is 2.37. The molecular formula is C29H24ClFN6O.